The first kappa shape index (κ1) is 20.3. The van der Waals surface area contributed by atoms with E-state index in [1.165, 1.54) is 6.33 Å². The van der Waals surface area contributed by atoms with E-state index < -0.39 is 0 Å². The maximum atomic E-state index is 6.29. The van der Waals surface area contributed by atoms with Crippen molar-refractivity contribution in [3.8, 4) is 17.2 Å². The molecule has 1 aromatic heterocycles. The second-order valence-corrected chi connectivity index (χ2v) is 6.96. The van der Waals surface area contributed by atoms with E-state index >= 15 is 0 Å². The van der Waals surface area contributed by atoms with Gasteiger partial charge in [0.25, 0.3) is 0 Å². The topological polar surface area (TPSA) is 94.3 Å². The summed E-state index contributed by atoms with van der Waals surface area (Å²) in [6.45, 7) is 0. The Morgan fingerprint density at radius 1 is 0.839 bits per heavy atom. The van der Waals surface area contributed by atoms with E-state index in [2.05, 4.69) is 20.6 Å². The number of rotatable bonds is 7. The fourth-order valence-electron chi connectivity index (χ4n) is 2.87. The molecular weight excluding hydrogens is 414 g/mol. The monoisotopic (exact) mass is 433 g/mol. The largest absolute Gasteiger partial charge is 0.495 e. The van der Waals surface area contributed by atoms with Crippen LogP contribution in [-0.4, -0.2) is 17.1 Å². The third-order valence-corrected chi connectivity index (χ3v) is 4.63. The van der Waals surface area contributed by atoms with Gasteiger partial charge in [0, 0.05) is 10.7 Å². The van der Waals surface area contributed by atoms with Crippen LogP contribution in [0.3, 0.4) is 0 Å². The molecule has 7 nitrogen and oxygen atoms in total. The van der Waals surface area contributed by atoms with E-state index in [9.17, 15) is 0 Å². The lowest BCUT2D eigenvalue weighted by Crippen LogP contribution is -2.05. The predicted molar refractivity (Wildman–Crippen MR) is 124 cm³/mol. The zero-order chi connectivity index (χ0) is 21.6. The number of nitrogens with zero attached hydrogens (tertiary/aromatic N) is 2. The number of methoxy groups -OCH3 is 1. The zero-order valence-electron chi connectivity index (χ0n) is 16.7. The summed E-state index contributed by atoms with van der Waals surface area (Å²) in [5, 5.41) is 6.91. The Hall–Kier alpha value is -3.97. The van der Waals surface area contributed by atoms with Crippen molar-refractivity contribution in [1.29, 1.82) is 0 Å². The average Bonchev–Trinajstić information content (AvgIpc) is 2.79. The Morgan fingerprint density at radius 3 is 2.23 bits per heavy atom. The molecule has 0 atom stereocenters. The molecule has 0 aliphatic carbocycles. The van der Waals surface area contributed by atoms with Gasteiger partial charge in [0.05, 0.1) is 12.8 Å². The van der Waals surface area contributed by atoms with E-state index in [4.69, 9.17) is 26.8 Å². The van der Waals surface area contributed by atoms with Crippen molar-refractivity contribution in [3.05, 3.63) is 84.1 Å². The normalized spacial score (nSPS) is 10.4. The number of halogens is 1. The molecule has 156 valence electrons. The number of ether oxygens (including phenoxy) is 2. The van der Waals surface area contributed by atoms with Gasteiger partial charge in [-0.15, -0.1) is 0 Å². The molecule has 4 rings (SSSR count). The van der Waals surface area contributed by atoms with Crippen LogP contribution in [0.4, 0.5) is 28.7 Å². The molecule has 8 heteroatoms. The number of para-hydroxylation sites is 1. The lowest BCUT2D eigenvalue weighted by Gasteiger charge is -2.15. The average molecular weight is 434 g/mol. The highest BCUT2D eigenvalue weighted by molar-refractivity contribution is 6.31. The molecule has 31 heavy (non-hydrogen) atoms. The number of benzene rings is 3. The SMILES string of the molecule is COc1ccc(Cl)cc1Nc1ncnc(Nc2ccc(Oc3ccccc3)cc2)c1N. The minimum Gasteiger partial charge on any atom is -0.495 e. The van der Waals surface area contributed by atoms with Crippen LogP contribution in [0, 0.1) is 0 Å². The van der Waals surface area contributed by atoms with Crippen molar-refractivity contribution in [2.75, 3.05) is 23.5 Å². The van der Waals surface area contributed by atoms with Gasteiger partial charge in [-0.3, -0.25) is 0 Å². The third kappa shape index (κ3) is 4.96. The van der Waals surface area contributed by atoms with Crippen LogP contribution >= 0.6 is 11.6 Å². The van der Waals surface area contributed by atoms with Crippen LogP contribution in [0.15, 0.2) is 79.1 Å². The van der Waals surface area contributed by atoms with Crippen LogP contribution < -0.4 is 25.8 Å². The first-order chi connectivity index (χ1) is 15.1. The summed E-state index contributed by atoms with van der Waals surface area (Å²) in [5.41, 5.74) is 8.10. The van der Waals surface area contributed by atoms with Gasteiger partial charge in [0.15, 0.2) is 11.6 Å². The van der Waals surface area contributed by atoms with Crippen molar-refractivity contribution in [3.63, 3.8) is 0 Å². The quantitative estimate of drug-likeness (QED) is 0.329. The molecule has 0 unspecified atom stereocenters. The Balaban J connectivity index is 1.50. The summed E-state index contributed by atoms with van der Waals surface area (Å²) in [6, 6.07) is 22.3. The Labute approximate surface area is 184 Å². The van der Waals surface area contributed by atoms with Gasteiger partial charge in [0.1, 0.15) is 29.3 Å². The molecule has 0 saturated carbocycles. The van der Waals surface area contributed by atoms with Crippen LogP contribution in [0.1, 0.15) is 0 Å². The summed E-state index contributed by atoms with van der Waals surface area (Å²) < 4.78 is 11.2. The number of nitrogens with two attached hydrogens (primary N) is 1. The molecule has 0 radical (unpaired) electrons. The molecule has 3 aromatic carbocycles. The Bertz CT molecular complexity index is 1170. The molecular formula is C23H20ClN5O2. The first-order valence-corrected chi connectivity index (χ1v) is 9.81. The Morgan fingerprint density at radius 2 is 1.52 bits per heavy atom. The molecule has 0 aliphatic heterocycles. The molecule has 4 N–H and O–H groups in total. The van der Waals surface area contributed by atoms with Gasteiger partial charge >= 0.3 is 0 Å². The summed E-state index contributed by atoms with van der Waals surface area (Å²) in [5.74, 6) is 3.02. The minimum absolute atomic E-state index is 0.356. The number of nitrogen functional groups attached to an aromatic ring is 1. The lowest BCUT2D eigenvalue weighted by atomic mass is 10.2. The number of hydrogen-bond donors (Lipinski definition) is 3. The smallest absolute Gasteiger partial charge is 0.159 e. The van der Waals surface area contributed by atoms with Gasteiger partial charge in [0.2, 0.25) is 0 Å². The fourth-order valence-corrected chi connectivity index (χ4v) is 3.04. The first-order valence-electron chi connectivity index (χ1n) is 9.43. The molecule has 0 amide bonds. The second-order valence-electron chi connectivity index (χ2n) is 6.52. The molecule has 0 fully saturated rings. The predicted octanol–water partition coefficient (Wildman–Crippen LogP) is 6.00. The van der Waals surface area contributed by atoms with E-state index in [0.29, 0.717) is 33.8 Å². The van der Waals surface area contributed by atoms with Crippen molar-refractivity contribution >= 4 is 40.3 Å². The number of aromatic nitrogens is 2. The highest BCUT2D eigenvalue weighted by atomic mass is 35.5. The number of nitrogens with one attached hydrogen (secondary N) is 2. The van der Waals surface area contributed by atoms with Crippen LogP contribution in [0.5, 0.6) is 17.2 Å². The van der Waals surface area contributed by atoms with Gasteiger partial charge in [-0.25, -0.2) is 9.97 Å². The lowest BCUT2D eigenvalue weighted by molar-refractivity contribution is 0.417. The van der Waals surface area contributed by atoms with Crippen molar-refractivity contribution in [1.82, 2.24) is 9.97 Å². The highest BCUT2D eigenvalue weighted by Crippen LogP contribution is 2.34. The van der Waals surface area contributed by atoms with Crippen LogP contribution in [0.25, 0.3) is 0 Å². The van der Waals surface area contributed by atoms with Crippen LogP contribution in [-0.2, 0) is 0 Å². The summed E-state index contributed by atoms with van der Waals surface area (Å²) in [6.07, 6.45) is 1.42. The van der Waals surface area contributed by atoms with Gasteiger partial charge < -0.3 is 25.8 Å². The minimum atomic E-state index is 0.356. The van der Waals surface area contributed by atoms with Crippen molar-refractivity contribution < 1.29 is 9.47 Å². The zero-order valence-corrected chi connectivity index (χ0v) is 17.4. The molecule has 0 saturated heterocycles. The molecule has 1 heterocycles. The summed E-state index contributed by atoms with van der Waals surface area (Å²) in [4.78, 5) is 8.49. The van der Waals surface area contributed by atoms with Gasteiger partial charge in [-0.2, -0.15) is 0 Å². The molecule has 0 bridgehead atoms. The summed E-state index contributed by atoms with van der Waals surface area (Å²) in [7, 11) is 1.58. The highest BCUT2D eigenvalue weighted by Gasteiger charge is 2.12. The molecule has 4 aromatic rings. The van der Waals surface area contributed by atoms with E-state index in [0.717, 1.165) is 17.2 Å². The number of hydrogen-bond acceptors (Lipinski definition) is 7. The van der Waals surface area contributed by atoms with E-state index in [1.807, 2.05) is 54.6 Å². The fraction of sp³-hybridized carbons (Fsp3) is 0.0435. The van der Waals surface area contributed by atoms with Crippen molar-refractivity contribution in [2.45, 2.75) is 0 Å². The second kappa shape index (κ2) is 9.23. The van der Waals surface area contributed by atoms with E-state index in [-0.39, 0.29) is 0 Å². The standard InChI is InChI=1S/C23H20ClN5O2/c1-30-20-12-7-15(24)13-19(20)29-23-21(25)22(26-14-27-23)28-16-8-10-18(11-9-16)31-17-5-3-2-4-6-17/h2-14H,25H2,1H3,(H2,26,27,28,29). The maximum absolute atomic E-state index is 6.29. The summed E-state index contributed by atoms with van der Waals surface area (Å²) >= 11 is 6.10. The molecule has 0 spiro atoms. The Kier molecular flexibility index (Phi) is 6.05. The van der Waals surface area contributed by atoms with E-state index in [1.54, 1.807) is 25.3 Å². The van der Waals surface area contributed by atoms with Crippen LogP contribution in [0.2, 0.25) is 5.02 Å². The van der Waals surface area contributed by atoms with Crippen molar-refractivity contribution in [2.24, 2.45) is 0 Å². The molecule has 0 aliphatic rings. The third-order valence-electron chi connectivity index (χ3n) is 4.39. The van der Waals surface area contributed by atoms with Gasteiger partial charge in [-0.1, -0.05) is 29.8 Å². The van der Waals surface area contributed by atoms with Gasteiger partial charge in [-0.05, 0) is 54.6 Å². The maximum Gasteiger partial charge on any atom is 0.159 e. The number of anilines is 5.